The Bertz CT molecular complexity index is 939. The van der Waals surface area contributed by atoms with Crippen molar-refractivity contribution in [3.63, 3.8) is 0 Å². The number of halogens is 2. The van der Waals surface area contributed by atoms with E-state index in [0.717, 1.165) is 4.90 Å². The number of carbonyl (C=O) groups is 2. The lowest BCUT2D eigenvalue weighted by Gasteiger charge is -2.26. The average Bonchev–Trinajstić information content (AvgIpc) is 2.65. The van der Waals surface area contributed by atoms with Gasteiger partial charge >= 0.3 is 6.09 Å². The van der Waals surface area contributed by atoms with Gasteiger partial charge in [0.2, 0.25) is 0 Å². The minimum absolute atomic E-state index is 0.0332. The lowest BCUT2D eigenvalue weighted by atomic mass is 10.0. The van der Waals surface area contributed by atoms with E-state index < -0.39 is 23.4 Å². The van der Waals surface area contributed by atoms with Crippen LogP contribution in [0.25, 0.3) is 0 Å². The van der Waals surface area contributed by atoms with Gasteiger partial charge in [-0.1, -0.05) is 24.2 Å². The lowest BCUT2D eigenvalue weighted by molar-refractivity contribution is -0.125. The van der Waals surface area contributed by atoms with Crippen LogP contribution >= 0.6 is 11.6 Å². The molecule has 1 heterocycles. The van der Waals surface area contributed by atoms with Crippen molar-refractivity contribution in [2.75, 3.05) is 13.1 Å². The first-order valence-electron chi connectivity index (χ1n) is 8.40. The van der Waals surface area contributed by atoms with Crippen LogP contribution in [0.2, 0.25) is 0 Å². The molecule has 6 nitrogen and oxygen atoms in total. The van der Waals surface area contributed by atoms with Crippen molar-refractivity contribution in [2.45, 2.75) is 26.4 Å². The van der Waals surface area contributed by atoms with Gasteiger partial charge in [0.1, 0.15) is 11.4 Å². The summed E-state index contributed by atoms with van der Waals surface area (Å²) in [5.74, 6) is -1.39. The first kappa shape index (κ1) is 21.3. The van der Waals surface area contributed by atoms with E-state index in [9.17, 15) is 19.2 Å². The van der Waals surface area contributed by atoms with Crippen molar-refractivity contribution in [1.82, 2.24) is 4.90 Å². The van der Waals surface area contributed by atoms with E-state index in [-0.39, 0.29) is 40.5 Å². The van der Waals surface area contributed by atoms with Crippen LogP contribution in [0.5, 0.6) is 0 Å². The van der Waals surface area contributed by atoms with Crippen molar-refractivity contribution in [3.05, 3.63) is 58.4 Å². The van der Waals surface area contributed by atoms with E-state index in [1.54, 1.807) is 20.8 Å². The maximum atomic E-state index is 14.4. The van der Waals surface area contributed by atoms with Gasteiger partial charge in [0, 0.05) is 0 Å². The summed E-state index contributed by atoms with van der Waals surface area (Å²) in [6, 6.07) is 5.95. The smallest absolute Gasteiger partial charge is 0.417 e. The second kappa shape index (κ2) is 8.36. The predicted molar refractivity (Wildman–Crippen MR) is 104 cm³/mol. The first-order valence-corrected chi connectivity index (χ1v) is 8.77. The van der Waals surface area contributed by atoms with Crippen LogP contribution in [0.4, 0.5) is 9.18 Å². The highest BCUT2D eigenvalue weighted by Gasteiger charge is 2.30. The molecule has 0 aliphatic carbocycles. The Morgan fingerprint density at radius 1 is 1.43 bits per heavy atom. The van der Waals surface area contributed by atoms with Gasteiger partial charge < -0.3 is 4.74 Å². The van der Waals surface area contributed by atoms with Crippen LogP contribution in [0.3, 0.4) is 0 Å². The van der Waals surface area contributed by atoms with Crippen molar-refractivity contribution >= 4 is 29.3 Å². The number of hydrogen-bond acceptors (Lipinski definition) is 5. The largest absolute Gasteiger partial charge is 0.443 e. The van der Waals surface area contributed by atoms with Crippen LogP contribution in [-0.4, -0.2) is 41.3 Å². The Hall–Kier alpha value is -2.98. The second-order valence-electron chi connectivity index (χ2n) is 6.95. The van der Waals surface area contributed by atoms with Crippen molar-refractivity contribution in [1.29, 1.82) is 5.26 Å². The summed E-state index contributed by atoms with van der Waals surface area (Å²) in [5, 5.41) is 9.15. The van der Waals surface area contributed by atoms with E-state index in [1.165, 1.54) is 24.3 Å². The molecule has 1 aromatic carbocycles. The van der Waals surface area contributed by atoms with E-state index in [1.807, 2.05) is 6.07 Å². The maximum absolute atomic E-state index is 14.4. The molecule has 1 aromatic rings. The number of benzene rings is 1. The molecule has 28 heavy (non-hydrogen) atoms. The standard InChI is InChI=1S/C20H19ClFN3O3/c1-12-14(21)10-16(17-13(11-23)6-5-7-15(17)22)24-8-9-25(18(12)26)19(27)28-20(2,3)4/h5-7,10H,1,8-9H2,2-4H3. The molecule has 0 saturated heterocycles. The minimum Gasteiger partial charge on any atom is -0.443 e. The molecule has 0 spiro atoms. The fourth-order valence-corrected chi connectivity index (χ4v) is 2.59. The van der Waals surface area contributed by atoms with Gasteiger partial charge in [-0.25, -0.2) is 14.1 Å². The molecule has 1 aliphatic rings. The van der Waals surface area contributed by atoms with Gasteiger partial charge in [-0.2, -0.15) is 5.26 Å². The third-order valence-corrected chi connectivity index (χ3v) is 4.00. The summed E-state index contributed by atoms with van der Waals surface area (Å²) in [5.41, 5.74) is -0.856. The number of allylic oxidation sites excluding steroid dienone is 1. The number of ether oxygens (including phenoxy) is 1. The molecule has 2 amide bonds. The molecule has 8 heteroatoms. The summed E-state index contributed by atoms with van der Waals surface area (Å²) in [6.07, 6.45) is 0.407. The highest BCUT2D eigenvalue weighted by Crippen LogP contribution is 2.23. The van der Waals surface area contributed by atoms with Gasteiger partial charge in [-0.15, -0.1) is 0 Å². The first-order chi connectivity index (χ1) is 13.0. The molecule has 0 saturated carbocycles. The molecule has 0 unspecified atom stereocenters. The van der Waals surface area contributed by atoms with E-state index in [0.29, 0.717) is 0 Å². The van der Waals surface area contributed by atoms with Gasteiger partial charge in [-0.05, 0) is 39.0 Å². The summed E-state index contributed by atoms with van der Waals surface area (Å²) < 4.78 is 19.6. The Morgan fingerprint density at radius 3 is 2.71 bits per heavy atom. The van der Waals surface area contributed by atoms with Crippen molar-refractivity contribution < 1.29 is 18.7 Å². The highest BCUT2D eigenvalue weighted by atomic mass is 35.5. The lowest BCUT2D eigenvalue weighted by Crippen LogP contribution is -2.42. The van der Waals surface area contributed by atoms with Gasteiger partial charge in [0.05, 0.1) is 46.6 Å². The third-order valence-electron chi connectivity index (χ3n) is 3.66. The Balaban J connectivity index is 2.48. The molecular formula is C20H19ClFN3O3. The molecule has 1 aliphatic heterocycles. The molecule has 2 rings (SSSR count). The van der Waals surface area contributed by atoms with Crippen LogP contribution in [0.1, 0.15) is 31.9 Å². The molecule has 0 bridgehead atoms. The second-order valence-corrected chi connectivity index (χ2v) is 7.36. The zero-order valence-corrected chi connectivity index (χ0v) is 16.5. The predicted octanol–water partition coefficient (Wildman–Crippen LogP) is 3.94. The van der Waals surface area contributed by atoms with Crippen LogP contribution in [-0.2, 0) is 9.53 Å². The molecule has 0 fully saturated rings. The SMILES string of the molecule is C=C1C(=O)N(C(=O)OC(C)(C)C)CCN=C(c2c(F)cccc2C#N)C=C1Cl. The molecule has 0 aromatic heterocycles. The molecule has 0 N–H and O–H groups in total. The number of aliphatic imine (C=N–C) groups is 1. The van der Waals surface area contributed by atoms with E-state index >= 15 is 0 Å². The van der Waals surface area contributed by atoms with Crippen molar-refractivity contribution in [3.8, 4) is 6.07 Å². The Labute approximate surface area is 167 Å². The van der Waals surface area contributed by atoms with Gasteiger partial charge in [0.25, 0.3) is 5.91 Å². The normalized spacial score (nSPS) is 15.6. The summed E-state index contributed by atoms with van der Waals surface area (Å²) >= 11 is 6.18. The van der Waals surface area contributed by atoms with Crippen LogP contribution in [0.15, 0.2) is 46.5 Å². The fraction of sp³-hybridized carbons (Fsp3) is 0.300. The number of carbonyl (C=O) groups excluding carboxylic acids is 2. The van der Waals surface area contributed by atoms with Crippen molar-refractivity contribution in [2.24, 2.45) is 4.99 Å². The Kier molecular flexibility index (Phi) is 6.37. The zero-order valence-electron chi connectivity index (χ0n) is 15.8. The van der Waals surface area contributed by atoms with Crippen LogP contribution < -0.4 is 0 Å². The number of amides is 2. The number of rotatable bonds is 1. The molecule has 0 radical (unpaired) electrons. The molecule has 0 atom stereocenters. The van der Waals surface area contributed by atoms with Gasteiger partial charge in [-0.3, -0.25) is 9.79 Å². The minimum atomic E-state index is -0.856. The summed E-state index contributed by atoms with van der Waals surface area (Å²) in [7, 11) is 0. The summed E-state index contributed by atoms with van der Waals surface area (Å²) in [4.78, 5) is 30.1. The van der Waals surface area contributed by atoms with E-state index in [2.05, 4.69) is 11.6 Å². The third kappa shape index (κ3) is 4.84. The highest BCUT2D eigenvalue weighted by molar-refractivity contribution is 6.37. The maximum Gasteiger partial charge on any atom is 0.417 e. The zero-order chi connectivity index (χ0) is 21.1. The van der Waals surface area contributed by atoms with E-state index in [4.69, 9.17) is 16.3 Å². The number of nitriles is 1. The molecular weight excluding hydrogens is 385 g/mol. The Morgan fingerprint density at radius 2 is 2.11 bits per heavy atom. The average molecular weight is 404 g/mol. The number of hydrogen-bond donors (Lipinski definition) is 0. The summed E-state index contributed by atoms with van der Waals surface area (Å²) in [6.45, 7) is 8.49. The monoisotopic (exact) mass is 403 g/mol. The van der Waals surface area contributed by atoms with Gasteiger partial charge in [0.15, 0.2) is 0 Å². The topological polar surface area (TPSA) is 82.8 Å². The number of imide groups is 1. The quantitative estimate of drug-likeness (QED) is 0.665. The fourth-order valence-electron chi connectivity index (χ4n) is 2.41. The molecule has 146 valence electrons. The van der Waals surface area contributed by atoms with Crippen LogP contribution in [0, 0.1) is 17.1 Å². The number of nitrogens with zero attached hydrogens (tertiary/aromatic N) is 3.